The van der Waals surface area contributed by atoms with Crippen LogP contribution in [-0.4, -0.2) is 56.1 Å². The van der Waals surface area contributed by atoms with Crippen molar-refractivity contribution in [2.24, 2.45) is 10.4 Å². The average molecular weight is 507 g/mol. The van der Waals surface area contributed by atoms with E-state index in [9.17, 15) is 4.79 Å². The predicted octanol–water partition coefficient (Wildman–Crippen LogP) is 2.90. The van der Waals surface area contributed by atoms with Gasteiger partial charge in [-0.1, -0.05) is 17.7 Å². The number of aliphatic imine (C=N–C) groups is 1. The highest BCUT2D eigenvalue weighted by molar-refractivity contribution is 14.0. The Balaban J connectivity index is 0.00000261. The van der Waals surface area contributed by atoms with Crippen LogP contribution < -0.4 is 15.4 Å². The first kappa shape index (κ1) is 22.1. The number of rotatable bonds is 5. The van der Waals surface area contributed by atoms with E-state index in [0.29, 0.717) is 24.6 Å². The standard InChI is InChI=1S/C19H27ClN4O2.HI/c1-2-21-18(22-8-10-26-16-6-3-5-15(20)11-16)24-9-4-7-19(14-24)12-17(25)23-13-19;/h3,5-6,11H,2,4,7-10,12-14H2,1H3,(H,21,22)(H,23,25);1H. The minimum absolute atomic E-state index is 0. The van der Waals surface area contributed by atoms with Gasteiger partial charge in [-0.25, -0.2) is 4.99 Å². The van der Waals surface area contributed by atoms with Gasteiger partial charge in [0.25, 0.3) is 0 Å². The highest BCUT2D eigenvalue weighted by Crippen LogP contribution is 2.35. The fourth-order valence-electron chi connectivity index (χ4n) is 3.73. The number of hydrogen-bond acceptors (Lipinski definition) is 3. The molecule has 6 nitrogen and oxygen atoms in total. The van der Waals surface area contributed by atoms with Gasteiger partial charge in [0.1, 0.15) is 12.4 Å². The molecule has 1 atom stereocenters. The Labute approximate surface area is 183 Å². The van der Waals surface area contributed by atoms with Crippen LogP contribution in [-0.2, 0) is 4.79 Å². The molecule has 0 radical (unpaired) electrons. The zero-order valence-electron chi connectivity index (χ0n) is 15.7. The van der Waals surface area contributed by atoms with Crippen LogP contribution in [0.4, 0.5) is 0 Å². The van der Waals surface area contributed by atoms with Crippen LogP contribution in [0.15, 0.2) is 29.3 Å². The molecular formula is C19H28ClIN4O2. The third kappa shape index (κ3) is 6.14. The smallest absolute Gasteiger partial charge is 0.220 e. The minimum atomic E-state index is 0. The molecule has 3 rings (SSSR count). The molecule has 1 amide bonds. The van der Waals surface area contributed by atoms with Gasteiger partial charge < -0.3 is 20.3 Å². The fraction of sp³-hybridized carbons (Fsp3) is 0.579. The molecule has 0 aromatic heterocycles. The van der Waals surface area contributed by atoms with Gasteiger partial charge in [-0.15, -0.1) is 24.0 Å². The lowest BCUT2D eigenvalue weighted by Crippen LogP contribution is -2.51. The third-order valence-electron chi connectivity index (χ3n) is 4.91. The van der Waals surface area contributed by atoms with Crippen LogP contribution >= 0.6 is 35.6 Å². The summed E-state index contributed by atoms with van der Waals surface area (Å²) in [4.78, 5) is 18.7. The van der Waals surface area contributed by atoms with Crippen LogP contribution in [0, 0.1) is 5.41 Å². The third-order valence-corrected chi connectivity index (χ3v) is 5.14. The molecule has 0 saturated carbocycles. The molecule has 2 aliphatic heterocycles. The van der Waals surface area contributed by atoms with Gasteiger partial charge in [0, 0.05) is 43.0 Å². The number of nitrogens with zero attached hydrogens (tertiary/aromatic N) is 2. The number of benzene rings is 1. The van der Waals surface area contributed by atoms with E-state index < -0.39 is 0 Å². The predicted molar refractivity (Wildman–Crippen MR) is 119 cm³/mol. The Bertz CT molecular complexity index is 673. The molecule has 2 heterocycles. The SMILES string of the molecule is CCNC(=NCCOc1cccc(Cl)c1)N1CCCC2(CNC(=O)C2)C1.I. The van der Waals surface area contributed by atoms with E-state index in [0.717, 1.165) is 50.7 Å². The molecule has 2 saturated heterocycles. The largest absolute Gasteiger partial charge is 0.492 e. The lowest BCUT2D eigenvalue weighted by atomic mass is 9.79. The number of amides is 1. The van der Waals surface area contributed by atoms with Crippen LogP contribution in [0.25, 0.3) is 0 Å². The molecular weight excluding hydrogens is 479 g/mol. The Morgan fingerprint density at radius 1 is 1.48 bits per heavy atom. The van der Waals surface area contributed by atoms with Gasteiger partial charge >= 0.3 is 0 Å². The maximum Gasteiger partial charge on any atom is 0.220 e. The molecule has 0 bridgehead atoms. The number of halogens is 2. The number of carbonyl (C=O) groups excluding carboxylic acids is 1. The lowest BCUT2D eigenvalue weighted by molar-refractivity contribution is -0.119. The number of nitrogens with one attached hydrogen (secondary N) is 2. The minimum Gasteiger partial charge on any atom is -0.492 e. The van der Waals surface area contributed by atoms with Gasteiger partial charge in [0.05, 0.1) is 6.54 Å². The highest BCUT2D eigenvalue weighted by Gasteiger charge is 2.42. The molecule has 1 aromatic rings. The second-order valence-electron chi connectivity index (χ2n) is 7.02. The van der Waals surface area contributed by atoms with Crippen molar-refractivity contribution in [3.63, 3.8) is 0 Å². The van der Waals surface area contributed by atoms with Crippen molar-refractivity contribution in [1.82, 2.24) is 15.5 Å². The van der Waals surface area contributed by atoms with Crippen LogP contribution in [0.5, 0.6) is 5.75 Å². The van der Waals surface area contributed by atoms with E-state index in [2.05, 4.69) is 22.5 Å². The monoisotopic (exact) mass is 506 g/mol. The molecule has 2 fully saturated rings. The number of hydrogen-bond donors (Lipinski definition) is 2. The van der Waals surface area contributed by atoms with E-state index in [-0.39, 0.29) is 35.3 Å². The molecule has 0 aliphatic carbocycles. The Kier molecular flexibility index (Phi) is 8.47. The second kappa shape index (κ2) is 10.4. The summed E-state index contributed by atoms with van der Waals surface area (Å²) in [5.41, 5.74) is 0.0583. The first-order chi connectivity index (χ1) is 12.6. The quantitative estimate of drug-likeness (QED) is 0.279. The number of guanidine groups is 1. The van der Waals surface area contributed by atoms with Crippen molar-refractivity contribution in [3.05, 3.63) is 29.3 Å². The normalized spacial score (nSPS) is 22.4. The maximum absolute atomic E-state index is 11.7. The Morgan fingerprint density at radius 3 is 3.04 bits per heavy atom. The number of piperidine rings is 1. The molecule has 1 spiro atoms. The van der Waals surface area contributed by atoms with Gasteiger partial charge in [-0.2, -0.15) is 0 Å². The Morgan fingerprint density at radius 2 is 2.33 bits per heavy atom. The first-order valence-corrected chi connectivity index (χ1v) is 9.66. The van der Waals surface area contributed by atoms with Crippen molar-refractivity contribution in [3.8, 4) is 5.75 Å². The van der Waals surface area contributed by atoms with Gasteiger partial charge in [0.15, 0.2) is 5.96 Å². The van der Waals surface area contributed by atoms with Crippen molar-refractivity contribution in [2.45, 2.75) is 26.2 Å². The summed E-state index contributed by atoms with van der Waals surface area (Å²) in [6.07, 6.45) is 2.80. The Hall–Kier alpha value is -1.22. The molecule has 2 aliphatic rings. The summed E-state index contributed by atoms with van der Waals surface area (Å²) in [7, 11) is 0. The lowest BCUT2D eigenvalue weighted by Gasteiger charge is -2.40. The van der Waals surface area contributed by atoms with E-state index in [1.165, 1.54) is 0 Å². The van der Waals surface area contributed by atoms with Crippen molar-refractivity contribution in [2.75, 3.05) is 39.3 Å². The summed E-state index contributed by atoms with van der Waals surface area (Å²) >= 11 is 5.97. The summed E-state index contributed by atoms with van der Waals surface area (Å²) in [6.45, 7) is 6.56. The molecule has 1 unspecified atom stereocenters. The number of ether oxygens (including phenoxy) is 1. The summed E-state index contributed by atoms with van der Waals surface area (Å²) in [5, 5.41) is 7.03. The molecule has 27 heavy (non-hydrogen) atoms. The van der Waals surface area contributed by atoms with E-state index in [1.807, 2.05) is 18.2 Å². The second-order valence-corrected chi connectivity index (χ2v) is 7.46. The summed E-state index contributed by atoms with van der Waals surface area (Å²) in [6, 6.07) is 7.38. The van der Waals surface area contributed by atoms with Crippen molar-refractivity contribution < 1.29 is 9.53 Å². The molecule has 150 valence electrons. The molecule has 2 N–H and O–H groups in total. The zero-order chi connectivity index (χ0) is 18.4. The van der Waals surface area contributed by atoms with E-state index in [1.54, 1.807) is 6.07 Å². The fourth-order valence-corrected chi connectivity index (χ4v) is 3.91. The van der Waals surface area contributed by atoms with Crippen molar-refractivity contribution in [1.29, 1.82) is 0 Å². The van der Waals surface area contributed by atoms with Crippen LogP contribution in [0.1, 0.15) is 26.2 Å². The number of carbonyl (C=O) groups is 1. The highest BCUT2D eigenvalue weighted by atomic mass is 127. The number of likely N-dealkylation sites (tertiary alicyclic amines) is 1. The van der Waals surface area contributed by atoms with Gasteiger partial charge in [0.2, 0.25) is 5.91 Å². The summed E-state index contributed by atoms with van der Waals surface area (Å²) in [5.74, 6) is 1.83. The first-order valence-electron chi connectivity index (χ1n) is 9.29. The summed E-state index contributed by atoms with van der Waals surface area (Å²) < 4.78 is 5.72. The van der Waals surface area contributed by atoms with Crippen LogP contribution in [0.2, 0.25) is 5.02 Å². The van der Waals surface area contributed by atoms with Gasteiger partial charge in [-0.05, 0) is 38.0 Å². The maximum atomic E-state index is 11.7. The van der Waals surface area contributed by atoms with E-state index >= 15 is 0 Å². The van der Waals surface area contributed by atoms with Crippen LogP contribution in [0.3, 0.4) is 0 Å². The average Bonchev–Trinajstić information content (AvgIpc) is 2.97. The molecule has 1 aromatic carbocycles. The zero-order valence-corrected chi connectivity index (χ0v) is 18.8. The van der Waals surface area contributed by atoms with E-state index in [4.69, 9.17) is 21.3 Å². The van der Waals surface area contributed by atoms with Gasteiger partial charge in [-0.3, -0.25) is 4.79 Å². The topological polar surface area (TPSA) is 66.0 Å². The van der Waals surface area contributed by atoms with Crippen molar-refractivity contribution >= 4 is 47.4 Å². The molecule has 8 heteroatoms.